The third-order valence-corrected chi connectivity index (χ3v) is 4.20. The molecule has 0 amide bonds. The standard InChI is InChI=1S/C12H25NS/c1-2-11(13)7-6-10-12(14)8-4-3-5-9-12/h11,14H,2-10,13H2,1H3. The summed E-state index contributed by atoms with van der Waals surface area (Å²) in [4.78, 5) is 0. The molecule has 0 aromatic carbocycles. The first-order valence-corrected chi connectivity index (χ1v) is 6.59. The smallest absolute Gasteiger partial charge is 0.0130 e. The summed E-state index contributed by atoms with van der Waals surface area (Å²) in [5.74, 6) is 0. The molecule has 14 heavy (non-hydrogen) atoms. The fourth-order valence-corrected chi connectivity index (χ4v) is 2.83. The van der Waals surface area contributed by atoms with Gasteiger partial charge in [-0.15, -0.1) is 0 Å². The van der Waals surface area contributed by atoms with Crippen LogP contribution in [0.4, 0.5) is 0 Å². The van der Waals surface area contributed by atoms with Crippen molar-refractivity contribution in [2.24, 2.45) is 5.73 Å². The van der Waals surface area contributed by atoms with Gasteiger partial charge in [0.2, 0.25) is 0 Å². The van der Waals surface area contributed by atoms with Crippen LogP contribution in [0.1, 0.15) is 64.7 Å². The predicted molar refractivity (Wildman–Crippen MR) is 66.9 cm³/mol. The van der Waals surface area contributed by atoms with Gasteiger partial charge in [-0.1, -0.05) is 32.6 Å². The van der Waals surface area contributed by atoms with E-state index in [1.807, 2.05) is 0 Å². The van der Waals surface area contributed by atoms with Gasteiger partial charge in [-0.3, -0.25) is 0 Å². The van der Waals surface area contributed by atoms with E-state index in [9.17, 15) is 0 Å². The van der Waals surface area contributed by atoms with Crippen LogP contribution in [0, 0.1) is 0 Å². The monoisotopic (exact) mass is 215 g/mol. The largest absolute Gasteiger partial charge is 0.328 e. The highest BCUT2D eigenvalue weighted by atomic mass is 32.1. The van der Waals surface area contributed by atoms with E-state index >= 15 is 0 Å². The van der Waals surface area contributed by atoms with E-state index in [0.717, 1.165) is 6.42 Å². The highest BCUT2D eigenvalue weighted by molar-refractivity contribution is 7.81. The molecular formula is C12H25NS. The summed E-state index contributed by atoms with van der Waals surface area (Å²) in [6, 6.07) is 0.413. The van der Waals surface area contributed by atoms with Gasteiger partial charge in [0.1, 0.15) is 0 Å². The maximum absolute atomic E-state index is 5.91. The molecule has 1 aliphatic rings. The molecule has 1 unspecified atom stereocenters. The first kappa shape index (κ1) is 12.4. The molecule has 1 nitrogen and oxygen atoms in total. The second-order valence-electron chi connectivity index (χ2n) is 4.85. The zero-order valence-electron chi connectivity index (χ0n) is 9.47. The third kappa shape index (κ3) is 4.22. The lowest BCUT2D eigenvalue weighted by Gasteiger charge is -2.32. The van der Waals surface area contributed by atoms with Crippen molar-refractivity contribution in [2.45, 2.75) is 75.5 Å². The molecule has 0 aromatic heterocycles. The highest BCUT2D eigenvalue weighted by Gasteiger charge is 2.27. The fraction of sp³-hybridized carbons (Fsp3) is 1.00. The van der Waals surface area contributed by atoms with Crippen LogP contribution < -0.4 is 5.73 Å². The van der Waals surface area contributed by atoms with E-state index < -0.39 is 0 Å². The molecule has 1 fully saturated rings. The molecular weight excluding hydrogens is 190 g/mol. The Kier molecular flexibility index (Phi) is 5.32. The van der Waals surface area contributed by atoms with Crippen LogP contribution in [0.5, 0.6) is 0 Å². The van der Waals surface area contributed by atoms with Crippen LogP contribution in [0.2, 0.25) is 0 Å². The van der Waals surface area contributed by atoms with Crippen molar-refractivity contribution in [3.63, 3.8) is 0 Å². The van der Waals surface area contributed by atoms with Crippen molar-refractivity contribution in [1.29, 1.82) is 0 Å². The van der Waals surface area contributed by atoms with Gasteiger partial charge in [0, 0.05) is 10.8 Å². The van der Waals surface area contributed by atoms with E-state index in [2.05, 4.69) is 6.92 Å². The average molecular weight is 215 g/mol. The summed E-state index contributed by atoms with van der Waals surface area (Å²) in [7, 11) is 0. The van der Waals surface area contributed by atoms with Gasteiger partial charge in [-0.05, 0) is 32.1 Å². The highest BCUT2D eigenvalue weighted by Crippen LogP contribution is 2.37. The lowest BCUT2D eigenvalue weighted by Crippen LogP contribution is -2.26. The van der Waals surface area contributed by atoms with Crippen molar-refractivity contribution in [3.05, 3.63) is 0 Å². The summed E-state index contributed by atoms with van der Waals surface area (Å²) in [6.45, 7) is 2.17. The molecule has 84 valence electrons. The van der Waals surface area contributed by atoms with Crippen molar-refractivity contribution in [1.82, 2.24) is 0 Å². The Hall–Kier alpha value is 0.310. The maximum Gasteiger partial charge on any atom is 0.0130 e. The van der Waals surface area contributed by atoms with E-state index in [0.29, 0.717) is 10.8 Å². The summed E-state index contributed by atoms with van der Waals surface area (Å²) in [5, 5.41) is 0. The Balaban J connectivity index is 2.15. The number of hydrogen-bond donors (Lipinski definition) is 2. The summed E-state index contributed by atoms with van der Waals surface area (Å²) in [6.07, 6.45) is 11.6. The molecule has 0 aromatic rings. The molecule has 2 N–H and O–H groups in total. The first-order chi connectivity index (χ1) is 6.66. The van der Waals surface area contributed by atoms with Crippen LogP contribution in [-0.4, -0.2) is 10.8 Å². The topological polar surface area (TPSA) is 26.0 Å². The number of rotatable bonds is 5. The second-order valence-corrected chi connectivity index (χ2v) is 5.79. The summed E-state index contributed by atoms with van der Waals surface area (Å²) >= 11 is 4.84. The average Bonchev–Trinajstić information content (AvgIpc) is 2.18. The molecule has 0 radical (unpaired) electrons. The minimum Gasteiger partial charge on any atom is -0.328 e. The molecule has 0 aliphatic heterocycles. The minimum absolute atomic E-state index is 0.353. The van der Waals surface area contributed by atoms with E-state index in [1.165, 1.54) is 51.4 Å². The predicted octanol–water partition coefficient (Wildman–Crippen LogP) is 3.53. The number of nitrogens with two attached hydrogens (primary N) is 1. The van der Waals surface area contributed by atoms with Gasteiger partial charge in [0.15, 0.2) is 0 Å². The van der Waals surface area contributed by atoms with Crippen LogP contribution in [0.15, 0.2) is 0 Å². The molecule has 0 spiro atoms. The van der Waals surface area contributed by atoms with Crippen molar-refractivity contribution < 1.29 is 0 Å². The van der Waals surface area contributed by atoms with Gasteiger partial charge in [-0.25, -0.2) is 0 Å². The Bertz CT molecular complexity index is 152. The zero-order chi connectivity index (χ0) is 10.4. The maximum atomic E-state index is 5.91. The fourth-order valence-electron chi connectivity index (χ4n) is 2.36. The molecule has 0 heterocycles. The lowest BCUT2D eigenvalue weighted by atomic mass is 9.84. The third-order valence-electron chi connectivity index (χ3n) is 3.53. The Morgan fingerprint density at radius 1 is 1.29 bits per heavy atom. The Labute approximate surface area is 94.2 Å². The van der Waals surface area contributed by atoms with Gasteiger partial charge in [-0.2, -0.15) is 12.6 Å². The van der Waals surface area contributed by atoms with Crippen molar-refractivity contribution in [2.75, 3.05) is 0 Å². The van der Waals surface area contributed by atoms with Gasteiger partial charge in [0.25, 0.3) is 0 Å². The normalized spacial score (nSPS) is 23.4. The summed E-state index contributed by atoms with van der Waals surface area (Å²) in [5.41, 5.74) is 5.91. The minimum atomic E-state index is 0.353. The number of thiol groups is 1. The number of hydrogen-bond acceptors (Lipinski definition) is 2. The van der Waals surface area contributed by atoms with E-state index in [-0.39, 0.29) is 0 Å². The molecule has 0 bridgehead atoms. The molecule has 1 aliphatic carbocycles. The van der Waals surface area contributed by atoms with Crippen molar-refractivity contribution >= 4 is 12.6 Å². The summed E-state index contributed by atoms with van der Waals surface area (Å²) < 4.78 is 0.353. The molecule has 1 atom stereocenters. The van der Waals surface area contributed by atoms with E-state index in [1.54, 1.807) is 0 Å². The Morgan fingerprint density at radius 3 is 2.50 bits per heavy atom. The molecule has 1 saturated carbocycles. The van der Waals surface area contributed by atoms with Gasteiger partial charge >= 0.3 is 0 Å². The lowest BCUT2D eigenvalue weighted by molar-refractivity contribution is 0.364. The zero-order valence-corrected chi connectivity index (χ0v) is 10.4. The van der Waals surface area contributed by atoms with Crippen LogP contribution in [0.3, 0.4) is 0 Å². The Morgan fingerprint density at radius 2 is 1.93 bits per heavy atom. The molecule has 2 heteroatoms. The van der Waals surface area contributed by atoms with E-state index in [4.69, 9.17) is 18.4 Å². The molecule has 0 saturated heterocycles. The van der Waals surface area contributed by atoms with Crippen LogP contribution in [-0.2, 0) is 0 Å². The first-order valence-electron chi connectivity index (χ1n) is 6.14. The SMILES string of the molecule is CCC(N)CCCC1(S)CCCCC1. The van der Waals surface area contributed by atoms with Gasteiger partial charge in [0.05, 0.1) is 0 Å². The quantitative estimate of drug-likeness (QED) is 0.674. The van der Waals surface area contributed by atoms with Crippen molar-refractivity contribution in [3.8, 4) is 0 Å². The molecule has 1 rings (SSSR count). The second kappa shape index (κ2) is 6.02. The van der Waals surface area contributed by atoms with Crippen LogP contribution in [0.25, 0.3) is 0 Å². The van der Waals surface area contributed by atoms with Gasteiger partial charge < -0.3 is 5.73 Å². The van der Waals surface area contributed by atoms with Crippen LogP contribution >= 0.6 is 12.6 Å².